The third-order valence-electron chi connectivity index (χ3n) is 2.33. The van der Waals surface area contributed by atoms with Gasteiger partial charge in [0, 0.05) is 5.71 Å². The zero-order valence-electron chi connectivity index (χ0n) is 12.9. The first-order valence-electron chi connectivity index (χ1n) is 6.62. The summed E-state index contributed by atoms with van der Waals surface area (Å²) in [6, 6.07) is 0. The van der Waals surface area contributed by atoms with Gasteiger partial charge in [0.15, 0.2) is 11.5 Å². The molecule has 0 atom stereocenters. The van der Waals surface area contributed by atoms with E-state index in [4.69, 9.17) is 9.47 Å². The zero-order valence-corrected chi connectivity index (χ0v) is 12.9. The van der Waals surface area contributed by atoms with Crippen LogP contribution in [0.2, 0.25) is 0 Å². The van der Waals surface area contributed by atoms with Crippen LogP contribution in [0, 0.1) is 0 Å². The van der Waals surface area contributed by atoms with E-state index in [0.717, 1.165) is 0 Å². The van der Waals surface area contributed by atoms with Crippen molar-refractivity contribution in [2.75, 3.05) is 6.61 Å². The van der Waals surface area contributed by atoms with Crippen molar-refractivity contribution in [2.45, 2.75) is 46.6 Å². The number of hydrogen-bond donors (Lipinski definition) is 1. The van der Waals surface area contributed by atoms with Gasteiger partial charge in [0.25, 0.3) is 0 Å². The molecule has 7 nitrogen and oxygen atoms in total. The first-order chi connectivity index (χ1) is 9.64. The maximum absolute atomic E-state index is 12.0. The zero-order chi connectivity index (χ0) is 16.2. The summed E-state index contributed by atoms with van der Waals surface area (Å²) in [5.74, 6) is -1.16. The number of allylic oxidation sites excluding steroid dienone is 1. The number of rotatable bonds is 3. The van der Waals surface area contributed by atoms with Crippen LogP contribution in [0.25, 0.3) is 0 Å². The topological polar surface area (TPSA) is 94.1 Å². The van der Waals surface area contributed by atoms with Crippen molar-refractivity contribution >= 4 is 23.6 Å². The van der Waals surface area contributed by atoms with Gasteiger partial charge in [-0.3, -0.25) is 10.1 Å². The van der Waals surface area contributed by atoms with E-state index >= 15 is 0 Å². The van der Waals surface area contributed by atoms with Crippen molar-refractivity contribution in [2.24, 2.45) is 4.99 Å². The van der Waals surface area contributed by atoms with E-state index in [1.807, 2.05) is 0 Å². The highest BCUT2D eigenvalue weighted by Crippen LogP contribution is 2.17. The molecule has 1 aliphatic heterocycles. The second-order valence-corrected chi connectivity index (χ2v) is 5.52. The van der Waals surface area contributed by atoms with Gasteiger partial charge >= 0.3 is 12.1 Å². The van der Waals surface area contributed by atoms with E-state index in [9.17, 15) is 14.4 Å². The molecule has 1 N–H and O–H groups in total. The Bertz CT molecular complexity index is 526. The normalized spacial score (nSPS) is 15.5. The molecule has 21 heavy (non-hydrogen) atoms. The Morgan fingerprint density at radius 2 is 1.95 bits per heavy atom. The highest BCUT2D eigenvalue weighted by Gasteiger charge is 2.29. The average Bonchev–Trinajstić information content (AvgIpc) is 2.30. The molecule has 0 aliphatic carbocycles. The van der Waals surface area contributed by atoms with E-state index in [1.165, 1.54) is 0 Å². The lowest BCUT2D eigenvalue weighted by Gasteiger charge is -2.21. The third-order valence-corrected chi connectivity index (χ3v) is 2.33. The Labute approximate surface area is 123 Å². The second kappa shape index (κ2) is 6.51. The number of carbonyl (C=O) groups excluding carboxylic acids is 3. The van der Waals surface area contributed by atoms with E-state index in [0.29, 0.717) is 5.71 Å². The van der Waals surface area contributed by atoms with Gasteiger partial charge in [-0.05, 0) is 34.6 Å². The van der Waals surface area contributed by atoms with Crippen molar-refractivity contribution in [1.29, 1.82) is 0 Å². The van der Waals surface area contributed by atoms with Gasteiger partial charge in [0.2, 0.25) is 0 Å². The van der Waals surface area contributed by atoms with Gasteiger partial charge < -0.3 is 9.47 Å². The lowest BCUT2D eigenvalue weighted by Crippen LogP contribution is -2.37. The average molecular weight is 296 g/mol. The minimum atomic E-state index is -0.817. The molecular weight excluding hydrogens is 276 g/mol. The Morgan fingerprint density at radius 3 is 2.48 bits per heavy atom. The SMILES string of the molecule is CCOC(=O)C1=C(NC(=O)OC(C)(C)C)C(=O)CC(C)=N1. The molecule has 0 aromatic carbocycles. The minimum Gasteiger partial charge on any atom is -0.461 e. The number of nitrogens with zero attached hydrogens (tertiary/aromatic N) is 1. The summed E-state index contributed by atoms with van der Waals surface area (Å²) in [7, 11) is 0. The lowest BCUT2D eigenvalue weighted by atomic mass is 10.1. The van der Waals surface area contributed by atoms with E-state index in [-0.39, 0.29) is 24.4 Å². The molecule has 0 fully saturated rings. The van der Waals surface area contributed by atoms with Crippen LogP contribution in [0.15, 0.2) is 16.4 Å². The van der Waals surface area contributed by atoms with E-state index < -0.39 is 23.4 Å². The van der Waals surface area contributed by atoms with Crippen LogP contribution in [0.1, 0.15) is 41.0 Å². The molecule has 1 heterocycles. The van der Waals surface area contributed by atoms with Crippen molar-refractivity contribution in [3.05, 3.63) is 11.4 Å². The van der Waals surface area contributed by atoms with Crippen molar-refractivity contribution in [1.82, 2.24) is 5.32 Å². The number of carbonyl (C=O) groups is 3. The number of ether oxygens (including phenoxy) is 2. The molecule has 0 radical (unpaired) electrons. The van der Waals surface area contributed by atoms with Gasteiger partial charge in [-0.1, -0.05) is 0 Å². The van der Waals surface area contributed by atoms with Crippen LogP contribution < -0.4 is 5.32 Å². The maximum atomic E-state index is 12.0. The fourth-order valence-corrected chi connectivity index (χ4v) is 1.62. The van der Waals surface area contributed by atoms with Gasteiger partial charge in [-0.2, -0.15) is 0 Å². The second-order valence-electron chi connectivity index (χ2n) is 5.52. The quantitative estimate of drug-likeness (QED) is 0.800. The molecule has 0 aromatic heterocycles. The molecule has 116 valence electrons. The molecule has 0 bridgehead atoms. The molecule has 0 spiro atoms. The number of alkyl carbamates (subject to hydrolysis) is 1. The number of nitrogens with one attached hydrogen (secondary N) is 1. The molecular formula is C14H20N2O5. The van der Waals surface area contributed by atoms with Crippen LogP contribution in [-0.2, 0) is 19.1 Å². The first-order valence-corrected chi connectivity index (χ1v) is 6.62. The van der Waals surface area contributed by atoms with Gasteiger partial charge in [-0.15, -0.1) is 0 Å². The number of ketones is 1. The van der Waals surface area contributed by atoms with Gasteiger partial charge in [0.05, 0.1) is 13.0 Å². The van der Waals surface area contributed by atoms with E-state index in [2.05, 4.69) is 10.3 Å². The maximum Gasteiger partial charge on any atom is 0.412 e. The summed E-state index contributed by atoms with van der Waals surface area (Å²) < 4.78 is 9.91. The summed E-state index contributed by atoms with van der Waals surface area (Å²) in [4.78, 5) is 39.6. The molecule has 0 saturated carbocycles. The van der Waals surface area contributed by atoms with Crippen LogP contribution in [-0.4, -0.2) is 35.8 Å². The highest BCUT2D eigenvalue weighted by molar-refractivity contribution is 6.16. The minimum absolute atomic E-state index is 0.0358. The highest BCUT2D eigenvalue weighted by atomic mass is 16.6. The summed E-state index contributed by atoms with van der Waals surface area (Å²) >= 11 is 0. The molecule has 0 saturated heterocycles. The lowest BCUT2D eigenvalue weighted by molar-refractivity contribution is -0.139. The molecule has 0 unspecified atom stereocenters. The number of esters is 1. The summed E-state index contributed by atoms with van der Waals surface area (Å²) in [5.41, 5.74) is -0.617. The van der Waals surface area contributed by atoms with Gasteiger partial charge in [0.1, 0.15) is 11.3 Å². The summed E-state index contributed by atoms with van der Waals surface area (Å²) in [5, 5.41) is 2.30. The van der Waals surface area contributed by atoms with Crippen molar-refractivity contribution in [3.63, 3.8) is 0 Å². The monoisotopic (exact) mass is 296 g/mol. The Balaban J connectivity index is 3.05. The predicted octanol–water partition coefficient (Wildman–Crippen LogP) is 1.72. The van der Waals surface area contributed by atoms with Crippen molar-refractivity contribution < 1.29 is 23.9 Å². The molecule has 0 aromatic rings. The number of hydrogen-bond acceptors (Lipinski definition) is 6. The molecule has 1 amide bonds. The molecule has 7 heteroatoms. The van der Waals surface area contributed by atoms with Crippen LogP contribution in [0.5, 0.6) is 0 Å². The molecule has 1 aliphatic rings. The predicted molar refractivity (Wildman–Crippen MR) is 75.8 cm³/mol. The van der Waals surface area contributed by atoms with Crippen molar-refractivity contribution in [3.8, 4) is 0 Å². The number of aliphatic imine (C=N–C) groups is 1. The summed E-state index contributed by atoms with van der Waals surface area (Å²) in [6.45, 7) is 8.49. The fourth-order valence-electron chi connectivity index (χ4n) is 1.62. The number of Topliss-reactive ketones (excluding diaryl/α,β-unsaturated/α-hetero) is 1. The van der Waals surface area contributed by atoms with Crippen LogP contribution in [0.4, 0.5) is 4.79 Å². The van der Waals surface area contributed by atoms with Crippen LogP contribution in [0.3, 0.4) is 0 Å². The standard InChI is InChI=1S/C14H20N2O5/c1-6-20-12(18)11-10(9(17)7-8(2)15-11)16-13(19)21-14(3,4)5/h6-7H2,1-5H3,(H,16,19). The number of amides is 1. The Hall–Kier alpha value is -2.18. The van der Waals surface area contributed by atoms with E-state index in [1.54, 1.807) is 34.6 Å². The Kier molecular flexibility index (Phi) is 5.23. The first kappa shape index (κ1) is 16.9. The fraction of sp³-hybridized carbons (Fsp3) is 0.571. The van der Waals surface area contributed by atoms with Crippen LogP contribution >= 0.6 is 0 Å². The smallest absolute Gasteiger partial charge is 0.412 e. The van der Waals surface area contributed by atoms with Gasteiger partial charge in [-0.25, -0.2) is 14.6 Å². The summed E-state index contributed by atoms with van der Waals surface area (Å²) in [6.07, 6.45) is -0.781. The third kappa shape index (κ3) is 5.02. The molecule has 1 rings (SSSR count). The Morgan fingerprint density at radius 1 is 1.33 bits per heavy atom. The largest absolute Gasteiger partial charge is 0.461 e.